The summed E-state index contributed by atoms with van der Waals surface area (Å²) in [5, 5.41) is 19.3. The molecule has 4 saturated carbocycles. The molecule has 0 unspecified atom stereocenters. The molecule has 10 heteroatoms. The number of carbonyl (C=O) groups is 2. The Kier molecular flexibility index (Phi) is 8.97. The number of carbonyl (C=O) groups excluding carboxylic acids is 2. The number of nitrogens with zero attached hydrogens (tertiary/aromatic N) is 2. The first-order chi connectivity index (χ1) is 25.3. The Labute approximate surface area is 306 Å². The molecule has 0 radical (unpaired) electrons. The fourth-order valence-corrected chi connectivity index (χ4v) is 10.9. The van der Waals surface area contributed by atoms with Crippen LogP contribution in [-0.4, -0.2) is 65.4 Å². The van der Waals surface area contributed by atoms with E-state index in [0.29, 0.717) is 13.1 Å². The molecule has 3 saturated heterocycles. The topological polar surface area (TPSA) is 115 Å². The average molecular weight is 706 g/mol. The number of nitrogens with one attached hydrogen (secondary N) is 3. The van der Waals surface area contributed by atoms with E-state index < -0.39 is 11.8 Å². The monoisotopic (exact) mass is 705 g/mol. The lowest BCUT2D eigenvalue weighted by atomic mass is 9.53. The highest BCUT2D eigenvalue weighted by molar-refractivity contribution is 5.93. The number of hydrogen-bond donors (Lipinski definition) is 4. The number of rotatable bonds is 8. The Morgan fingerprint density at radius 1 is 0.846 bits per heavy atom. The number of urea groups is 1. The largest absolute Gasteiger partial charge is 0.392 e. The molecule has 3 aromatic rings. The van der Waals surface area contributed by atoms with Crippen LogP contribution in [0, 0.1) is 17.8 Å². The highest BCUT2D eigenvalue weighted by Gasteiger charge is 2.52. The van der Waals surface area contributed by atoms with Gasteiger partial charge in [0, 0.05) is 48.5 Å². The van der Waals surface area contributed by atoms with Crippen LogP contribution in [0.5, 0.6) is 0 Å². The van der Waals surface area contributed by atoms with E-state index in [4.69, 9.17) is 9.47 Å². The van der Waals surface area contributed by atoms with Crippen LogP contribution in [0.25, 0.3) is 0 Å². The molecule has 274 valence electrons. The Balaban J connectivity index is 0.891. The van der Waals surface area contributed by atoms with E-state index >= 15 is 0 Å². The number of amides is 3. The van der Waals surface area contributed by atoms with E-state index in [1.807, 2.05) is 66.7 Å². The minimum Gasteiger partial charge on any atom is -0.392 e. The van der Waals surface area contributed by atoms with Crippen molar-refractivity contribution >= 4 is 23.3 Å². The predicted octanol–water partition coefficient (Wildman–Crippen LogP) is 6.24. The van der Waals surface area contributed by atoms with Crippen molar-refractivity contribution < 1.29 is 24.2 Å². The number of aliphatic hydroxyl groups is 1. The molecular weight excluding hydrogens is 654 g/mol. The van der Waals surface area contributed by atoms with E-state index in [1.165, 1.54) is 19.3 Å². The van der Waals surface area contributed by atoms with Crippen molar-refractivity contribution in [3.8, 4) is 0 Å². The zero-order valence-corrected chi connectivity index (χ0v) is 29.8. The third-order valence-corrected chi connectivity index (χ3v) is 13.0. The van der Waals surface area contributed by atoms with Gasteiger partial charge in [-0.1, -0.05) is 54.6 Å². The number of aliphatic hydroxyl groups excluding tert-OH is 1. The van der Waals surface area contributed by atoms with E-state index in [-0.39, 0.29) is 36.3 Å². The van der Waals surface area contributed by atoms with Gasteiger partial charge in [0.1, 0.15) is 5.54 Å². The van der Waals surface area contributed by atoms with E-state index in [1.54, 1.807) is 0 Å². The highest BCUT2D eigenvalue weighted by atomic mass is 16.7. The van der Waals surface area contributed by atoms with Gasteiger partial charge in [-0.2, -0.15) is 0 Å². The summed E-state index contributed by atoms with van der Waals surface area (Å²) in [6.45, 7) is 2.82. The number of hydrogen-bond acceptors (Lipinski definition) is 7. The second kappa shape index (κ2) is 13.8. The quantitative estimate of drug-likeness (QED) is 0.219. The fourth-order valence-electron chi connectivity index (χ4n) is 10.9. The maximum atomic E-state index is 13.4. The number of piperidine rings is 1. The van der Waals surface area contributed by atoms with Gasteiger partial charge in [-0.05, 0) is 105 Å². The van der Waals surface area contributed by atoms with Crippen molar-refractivity contribution in [2.24, 2.45) is 17.8 Å². The van der Waals surface area contributed by atoms with Gasteiger partial charge >= 0.3 is 6.03 Å². The number of anilines is 2. The molecule has 4 bridgehead atoms. The number of para-hydroxylation sites is 1. The molecule has 3 amide bonds. The summed E-state index contributed by atoms with van der Waals surface area (Å²) in [6.07, 6.45) is 8.53. The molecule has 0 aromatic heterocycles. The SMILES string of the molecule is O=C(Nc1cccc([C@@H]2O[C@H](CN3CCC4(CC3)C(=O)NCN4c3ccccc3)C[C@H](c3ccc(CO)cc3)O2)c1)NC12CC3CC(CC(C3)C1)C2. The van der Waals surface area contributed by atoms with Gasteiger partial charge in [0.05, 0.1) is 25.5 Å². The number of benzene rings is 3. The minimum absolute atomic E-state index is 0.00737. The van der Waals surface area contributed by atoms with Crippen LogP contribution in [0.2, 0.25) is 0 Å². The standard InChI is InChI=1S/C42H51N5O5/c48-26-28-9-11-32(12-10-28)37-21-36(25-46-15-13-42(14-16-46)39(49)43-27-47(42)35-7-2-1-3-8-35)51-38(52-37)33-5-4-6-34(20-33)44-40(50)45-41-22-29-17-30(23-41)19-31(18-29)24-41/h1-12,20,29-31,36-38,48H,13-19,21-27H2,(H,43,49)(H2,44,45,50)/t29?,30?,31?,36-,37+,38+,41?/m0/s1. The lowest BCUT2D eigenvalue weighted by molar-refractivity contribution is -0.253. The van der Waals surface area contributed by atoms with Crippen molar-refractivity contribution in [3.63, 3.8) is 0 Å². The van der Waals surface area contributed by atoms with Crippen molar-refractivity contribution in [3.05, 3.63) is 95.6 Å². The maximum absolute atomic E-state index is 13.4. The van der Waals surface area contributed by atoms with Gasteiger partial charge < -0.3 is 40.3 Å². The maximum Gasteiger partial charge on any atom is 0.319 e. The summed E-state index contributed by atoms with van der Waals surface area (Å²) in [5.41, 5.74) is 3.94. The fraction of sp³-hybridized carbons (Fsp3) is 0.524. The van der Waals surface area contributed by atoms with E-state index in [0.717, 1.165) is 97.6 Å². The summed E-state index contributed by atoms with van der Waals surface area (Å²) in [5.74, 6) is 2.39. The number of likely N-dealkylation sites (tertiary alicyclic amines) is 1. The van der Waals surface area contributed by atoms with Crippen LogP contribution in [0.4, 0.5) is 16.2 Å². The summed E-state index contributed by atoms with van der Waals surface area (Å²) in [6, 6.07) is 25.9. The minimum atomic E-state index is -0.625. The molecule has 4 N–H and O–H groups in total. The van der Waals surface area contributed by atoms with Gasteiger partial charge in [-0.3, -0.25) is 4.79 Å². The van der Waals surface area contributed by atoms with Gasteiger partial charge in [0.25, 0.3) is 0 Å². The second-order valence-electron chi connectivity index (χ2n) is 16.5. The van der Waals surface area contributed by atoms with Crippen LogP contribution in [0.3, 0.4) is 0 Å². The van der Waals surface area contributed by atoms with Crippen molar-refractivity contribution in [2.45, 2.75) is 94.0 Å². The second-order valence-corrected chi connectivity index (χ2v) is 16.5. The summed E-state index contributed by atoms with van der Waals surface area (Å²) >= 11 is 0. The summed E-state index contributed by atoms with van der Waals surface area (Å²) in [7, 11) is 0. The van der Waals surface area contributed by atoms with Crippen LogP contribution in [0.1, 0.15) is 86.9 Å². The summed E-state index contributed by atoms with van der Waals surface area (Å²) in [4.78, 5) is 31.4. The average Bonchev–Trinajstić information content (AvgIpc) is 3.46. The normalized spacial score (nSPS) is 32.2. The zero-order chi connectivity index (χ0) is 35.3. The predicted molar refractivity (Wildman–Crippen MR) is 198 cm³/mol. The molecule has 52 heavy (non-hydrogen) atoms. The highest BCUT2D eigenvalue weighted by Crippen LogP contribution is 2.55. The van der Waals surface area contributed by atoms with Crippen molar-refractivity contribution in [1.82, 2.24) is 15.5 Å². The van der Waals surface area contributed by atoms with Gasteiger partial charge in [0.15, 0.2) is 6.29 Å². The first-order valence-electron chi connectivity index (χ1n) is 19.4. The van der Waals surface area contributed by atoms with E-state index in [9.17, 15) is 14.7 Å². The summed E-state index contributed by atoms with van der Waals surface area (Å²) < 4.78 is 13.4. The molecule has 3 heterocycles. The molecule has 10 nitrogen and oxygen atoms in total. The van der Waals surface area contributed by atoms with Crippen molar-refractivity contribution in [2.75, 3.05) is 36.5 Å². The van der Waals surface area contributed by atoms with Crippen LogP contribution in [0.15, 0.2) is 78.9 Å². The van der Waals surface area contributed by atoms with E-state index in [2.05, 4.69) is 37.9 Å². The molecule has 7 aliphatic rings. The molecule has 3 aliphatic heterocycles. The van der Waals surface area contributed by atoms with Crippen LogP contribution in [-0.2, 0) is 20.9 Å². The first-order valence-corrected chi connectivity index (χ1v) is 19.4. The molecule has 7 fully saturated rings. The lowest BCUT2D eigenvalue weighted by Crippen LogP contribution is -2.60. The Morgan fingerprint density at radius 2 is 1.56 bits per heavy atom. The Morgan fingerprint density at radius 3 is 2.25 bits per heavy atom. The number of ether oxygens (including phenoxy) is 2. The molecule has 1 spiro atoms. The Bertz CT molecular complexity index is 1720. The molecular formula is C42H51N5O5. The Hall–Kier alpha value is -3.96. The molecule has 3 atom stereocenters. The third kappa shape index (κ3) is 6.59. The van der Waals surface area contributed by atoms with Gasteiger partial charge in [-0.15, -0.1) is 0 Å². The van der Waals surface area contributed by atoms with Crippen LogP contribution < -0.4 is 20.9 Å². The first kappa shape index (κ1) is 33.8. The smallest absolute Gasteiger partial charge is 0.319 e. The molecule has 3 aromatic carbocycles. The molecule has 10 rings (SSSR count). The van der Waals surface area contributed by atoms with Crippen LogP contribution >= 0.6 is 0 Å². The third-order valence-electron chi connectivity index (χ3n) is 13.0. The lowest BCUT2D eigenvalue weighted by Gasteiger charge is -2.56. The van der Waals surface area contributed by atoms with Crippen molar-refractivity contribution in [1.29, 1.82) is 0 Å². The van der Waals surface area contributed by atoms with Gasteiger partial charge in [-0.25, -0.2) is 4.79 Å². The van der Waals surface area contributed by atoms with Gasteiger partial charge in [0.2, 0.25) is 5.91 Å². The zero-order valence-electron chi connectivity index (χ0n) is 29.8. The molecule has 4 aliphatic carbocycles.